The van der Waals surface area contributed by atoms with Gasteiger partial charge in [0.15, 0.2) is 0 Å². The number of hydrogen-bond acceptors (Lipinski definition) is 5. The lowest BCUT2D eigenvalue weighted by Gasteiger charge is -2.15. The van der Waals surface area contributed by atoms with Gasteiger partial charge >= 0.3 is 6.03 Å². The standard InChI is InChI=1S/C21H27N5O3/c1-3-5-6-16(4-2)15-22-21(27)23-17-7-9-18(10-8-17)24-25-19-11-13-20(14-12-19)26(28)29/h7-14,16H,3-6,15H2,1-2H3,(H2,22,23,27)/b25-24+. The van der Waals surface area contributed by atoms with Crippen LogP contribution in [0.3, 0.4) is 0 Å². The van der Waals surface area contributed by atoms with E-state index < -0.39 is 4.92 Å². The number of amides is 2. The maximum Gasteiger partial charge on any atom is 0.319 e. The Bertz CT molecular complexity index is 819. The Labute approximate surface area is 170 Å². The van der Waals surface area contributed by atoms with Crippen molar-refractivity contribution in [1.82, 2.24) is 5.32 Å². The molecule has 1 atom stereocenters. The summed E-state index contributed by atoms with van der Waals surface area (Å²) in [5.41, 5.74) is 1.80. The van der Waals surface area contributed by atoms with Gasteiger partial charge in [0.1, 0.15) is 0 Å². The fourth-order valence-electron chi connectivity index (χ4n) is 2.72. The number of unbranched alkanes of at least 4 members (excludes halogenated alkanes) is 1. The van der Waals surface area contributed by atoms with Crippen molar-refractivity contribution < 1.29 is 9.72 Å². The first-order chi connectivity index (χ1) is 14.0. The fourth-order valence-corrected chi connectivity index (χ4v) is 2.72. The van der Waals surface area contributed by atoms with Crippen molar-refractivity contribution in [3.8, 4) is 0 Å². The minimum atomic E-state index is -0.462. The van der Waals surface area contributed by atoms with E-state index in [0.717, 1.165) is 19.3 Å². The summed E-state index contributed by atoms with van der Waals surface area (Å²) in [6.45, 7) is 4.98. The van der Waals surface area contributed by atoms with Crippen LogP contribution < -0.4 is 10.6 Å². The van der Waals surface area contributed by atoms with Gasteiger partial charge in [-0.15, -0.1) is 0 Å². The first-order valence-corrected chi connectivity index (χ1v) is 9.83. The molecule has 0 aromatic heterocycles. The van der Waals surface area contributed by atoms with Crippen LogP contribution in [0.5, 0.6) is 0 Å². The van der Waals surface area contributed by atoms with E-state index in [-0.39, 0.29) is 11.7 Å². The van der Waals surface area contributed by atoms with Crippen molar-refractivity contribution >= 4 is 28.8 Å². The van der Waals surface area contributed by atoms with Crippen LogP contribution in [0.4, 0.5) is 27.5 Å². The van der Waals surface area contributed by atoms with Crippen molar-refractivity contribution in [3.05, 3.63) is 58.6 Å². The summed E-state index contributed by atoms with van der Waals surface area (Å²) in [7, 11) is 0. The van der Waals surface area contributed by atoms with E-state index in [1.807, 2.05) is 0 Å². The van der Waals surface area contributed by atoms with Crippen molar-refractivity contribution in [1.29, 1.82) is 0 Å². The highest BCUT2D eigenvalue weighted by Gasteiger charge is 2.08. The number of nitrogens with zero attached hydrogens (tertiary/aromatic N) is 3. The number of azo groups is 1. The van der Waals surface area contributed by atoms with Crippen LogP contribution in [0, 0.1) is 16.0 Å². The van der Waals surface area contributed by atoms with Crippen molar-refractivity contribution in [3.63, 3.8) is 0 Å². The monoisotopic (exact) mass is 397 g/mol. The van der Waals surface area contributed by atoms with Crippen LogP contribution in [0.15, 0.2) is 58.8 Å². The van der Waals surface area contributed by atoms with E-state index in [0.29, 0.717) is 29.5 Å². The smallest absolute Gasteiger partial charge is 0.319 e. The van der Waals surface area contributed by atoms with E-state index in [1.54, 1.807) is 24.3 Å². The second-order valence-electron chi connectivity index (χ2n) is 6.77. The zero-order valence-corrected chi connectivity index (χ0v) is 16.8. The first-order valence-electron chi connectivity index (χ1n) is 9.83. The Hall–Kier alpha value is -3.29. The third kappa shape index (κ3) is 7.69. The quantitative estimate of drug-likeness (QED) is 0.277. The molecule has 0 saturated carbocycles. The molecule has 8 heteroatoms. The molecule has 29 heavy (non-hydrogen) atoms. The van der Waals surface area contributed by atoms with Crippen molar-refractivity contribution in [2.45, 2.75) is 39.5 Å². The maximum absolute atomic E-state index is 12.1. The number of nitro groups is 1. The Morgan fingerprint density at radius 1 is 1.03 bits per heavy atom. The molecule has 0 aliphatic heterocycles. The zero-order chi connectivity index (χ0) is 21.1. The number of rotatable bonds is 10. The van der Waals surface area contributed by atoms with E-state index in [1.165, 1.54) is 30.7 Å². The number of urea groups is 1. The van der Waals surface area contributed by atoms with Crippen LogP contribution in [-0.4, -0.2) is 17.5 Å². The number of nitro benzene ring substituents is 1. The van der Waals surface area contributed by atoms with Crippen LogP contribution in [0.2, 0.25) is 0 Å². The lowest BCUT2D eigenvalue weighted by molar-refractivity contribution is -0.384. The molecule has 0 heterocycles. The SMILES string of the molecule is CCCCC(CC)CNC(=O)Nc1ccc(/N=N/c2ccc([N+](=O)[O-])cc2)cc1. The van der Waals surface area contributed by atoms with Gasteiger partial charge in [-0.2, -0.15) is 10.2 Å². The summed E-state index contributed by atoms with van der Waals surface area (Å²) in [6.07, 6.45) is 4.52. The Kier molecular flexibility index (Phi) is 8.75. The normalized spacial score (nSPS) is 11.9. The van der Waals surface area contributed by atoms with Crippen LogP contribution in [0.25, 0.3) is 0 Å². The highest BCUT2D eigenvalue weighted by Crippen LogP contribution is 2.22. The number of benzene rings is 2. The van der Waals surface area contributed by atoms with Crippen molar-refractivity contribution in [2.24, 2.45) is 16.1 Å². The molecular formula is C21H27N5O3. The largest absolute Gasteiger partial charge is 0.338 e. The molecule has 0 aliphatic rings. The molecular weight excluding hydrogens is 370 g/mol. The number of non-ortho nitro benzene ring substituents is 1. The molecule has 154 valence electrons. The molecule has 8 nitrogen and oxygen atoms in total. The molecule has 0 aliphatic carbocycles. The van der Waals surface area contributed by atoms with Crippen LogP contribution >= 0.6 is 0 Å². The Balaban J connectivity index is 1.84. The molecule has 0 spiro atoms. The molecule has 2 amide bonds. The number of hydrogen-bond donors (Lipinski definition) is 2. The van der Waals surface area contributed by atoms with Crippen LogP contribution in [0.1, 0.15) is 39.5 Å². The van der Waals surface area contributed by atoms with Gasteiger partial charge < -0.3 is 10.6 Å². The molecule has 2 aromatic carbocycles. The summed E-state index contributed by atoms with van der Waals surface area (Å²) in [6, 6.07) is 12.6. The Morgan fingerprint density at radius 3 is 2.14 bits per heavy atom. The predicted molar refractivity (Wildman–Crippen MR) is 114 cm³/mol. The predicted octanol–water partition coefficient (Wildman–Crippen LogP) is 6.35. The highest BCUT2D eigenvalue weighted by atomic mass is 16.6. The number of carbonyl (C=O) groups is 1. The lowest BCUT2D eigenvalue weighted by atomic mass is 9.99. The molecule has 0 bridgehead atoms. The summed E-state index contributed by atoms with van der Waals surface area (Å²) < 4.78 is 0. The van der Waals surface area contributed by atoms with Gasteiger partial charge in [-0.3, -0.25) is 10.1 Å². The van der Waals surface area contributed by atoms with Gasteiger partial charge in [0, 0.05) is 24.4 Å². The average Bonchev–Trinajstić information content (AvgIpc) is 2.73. The average molecular weight is 397 g/mol. The topological polar surface area (TPSA) is 109 Å². The second-order valence-corrected chi connectivity index (χ2v) is 6.77. The van der Waals surface area contributed by atoms with E-state index >= 15 is 0 Å². The summed E-state index contributed by atoms with van der Waals surface area (Å²) >= 11 is 0. The molecule has 2 aromatic rings. The summed E-state index contributed by atoms with van der Waals surface area (Å²) in [5.74, 6) is 0.503. The van der Waals surface area contributed by atoms with Gasteiger partial charge in [-0.05, 0) is 48.7 Å². The van der Waals surface area contributed by atoms with Gasteiger partial charge in [0.05, 0.1) is 16.3 Å². The lowest BCUT2D eigenvalue weighted by Crippen LogP contribution is -2.32. The summed E-state index contributed by atoms with van der Waals surface area (Å²) in [4.78, 5) is 22.3. The maximum atomic E-state index is 12.1. The molecule has 2 N–H and O–H groups in total. The molecule has 1 unspecified atom stereocenters. The zero-order valence-electron chi connectivity index (χ0n) is 16.8. The van der Waals surface area contributed by atoms with Gasteiger partial charge in [-0.1, -0.05) is 33.1 Å². The fraction of sp³-hybridized carbons (Fsp3) is 0.381. The number of carbonyl (C=O) groups excluding carboxylic acids is 1. The van der Waals surface area contributed by atoms with Gasteiger partial charge in [0.25, 0.3) is 5.69 Å². The van der Waals surface area contributed by atoms with E-state index in [4.69, 9.17) is 0 Å². The summed E-state index contributed by atoms with van der Waals surface area (Å²) in [5, 5.41) is 24.5. The van der Waals surface area contributed by atoms with E-state index in [2.05, 4.69) is 34.7 Å². The Morgan fingerprint density at radius 2 is 1.62 bits per heavy atom. The highest BCUT2D eigenvalue weighted by molar-refractivity contribution is 5.89. The molecule has 0 saturated heterocycles. The third-order valence-corrected chi connectivity index (χ3v) is 4.56. The van der Waals surface area contributed by atoms with Gasteiger partial charge in [-0.25, -0.2) is 4.79 Å². The number of anilines is 1. The van der Waals surface area contributed by atoms with E-state index in [9.17, 15) is 14.9 Å². The van der Waals surface area contributed by atoms with Gasteiger partial charge in [0.2, 0.25) is 0 Å². The second kappa shape index (κ2) is 11.5. The third-order valence-electron chi connectivity index (χ3n) is 4.56. The van der Waals surface area contributed by atoms with Crippen molar-refractivity contribution in [2.75, 3.05) is 11.9 Å². The molecule has 0 radical (unpaired) electrons. The molecule has 0 fully saturated rings. The minimum absolute atomic E-state index is 0.00766. The van der Waals surface area contributed by atoms with Crippen LogP contribution in [-0.2, 0) is 0 Å². The minimum Gasteiger partial charge on any atom is -0.338 e. The first kappa shape index (κ1) is 22.0. The number of nitrogens with one attached hydrogen (secondary N) is 2. The molecule has 2 rings (SSSR count).